The number of aliphatic hydroxyl groups is 3. The van der Waals surface area contributed by atoms with Gasteiger partial charge in [0.2, 0.25) is 0 Å². The number of rotatable bonds is 3. The van der Waals surface area contributed by atoms with E-state index in [1.165, 1.54) is 0 Å². The average molecular weight is 447 g/mol. The molecule has 7 unspecified atom stereocenters. The molecule has 0 radical (unpaired) electrons. The van der Waals surface area contributed by atoms with Gasteiger partial charge < -0.3 is 20.1 Å². The Bertz CT molecular complexity index is 921. The fourth-order valence-electron chi connectivity index (χ4n) is 5.94. The minimum atomic E-state index is -2.13. The molecule has 0 aromatic rings. The van der Waals surface area contributed by atoms with E-state index in [0.29, 0.717) is 17.6 Å². The third-order valence-electron chi connectivity index (χ3n) is 8.79. The van der Waals surface area contributed by atoms with E-state index in [1.807, 2.05) is 34.6 Å². The lowest BCUT2D eigenvalue weighted by Gasteiger charge is -2.47. The van der Waals surface area contributed by atoms with Crippen molar-refractivity contribution >= 4 is 11.8 Å². The summed E-state index contributed by atoms with van der Waals surface area (Å²) < 4.78 is 5.47. The van der Waals surface area contributed by atoms with Gasteiger partial charge in [-0.2, -0.15) is 0 Å². The average Bonchev–Trinajstić information content (AvgIpc) is 2.86. The van der Waals surface area contributed by atoms with Gasteiger partial charge in [0.05, 0.1) is 5.41 Å². The van der Waals surface area contributed by atoms with Crippen molar-refractivity contribution in [3.05, 3.63) is 34.4 Å². The number of aliphatic hydroxyl groups excluding tert-OH is 2. The number of Topliss-reactive ketones (excluding diaryl/α,β-unsaturated/α-hetero) is 1. The smallest absolute Gasteiger partial charge is 0.333 e. The number of ketones is 1. The third-order valence-corrected chi connectivity index (χ3v) is 8.79. The fourth-order valence-corrected chi connectivity index (χ4v) is 5.94. The Morgan fingerprint density at radius 1 is 1.12 bits per heavy atom. The molecule has 0 heterocycles. The summed E-state index contributed by atoms with van der Waals surface area (Å²) in [6, 6.07) is 0. The summed E-state index contributed by atoms with van der Waals surface area (Å²) >= 11 is 0. The van der Waals surface area contributed by atoms with E-state index in [4.69, 9.17) is 4.74 Å². The Balaban J connectivity index is 2.18. The third kappa shape index (κ3) is 3.17. The van der Waals surface area contributed by atoms with E-state index in [2.05, 4.69) is 6.92 Å². The Hall–Kier alpha value is -1.76. The zero-order chi connectivity index (χ0) is 24.4. The van der Waals surface area contributed by atoms with Gasteiger partial charge in [0.15, 0.2) is 5.78 Å². The predicted molar refractivity (Wildman–Crippen MR) is 121 cm³/mol. The molecule has 1 fully saturated rings. The lowest BCUT2D eigenvalue weighted by molar-refractivity contribution is -0.190. The number of allylic oxidation sites excluding steroid dienone is 2. The van der Waals surface area contributed by atoms with Crippen LogP contribution in [0.4, 0.5) is 0 Å². The van der Waals surface area contributed by atoms with Crippen LogP contribution in [0.1, 0.15) is 61.8 Å². The quantitative estimate of drug-likeness (QED) is 0.350. The van der Waals surface area contributed by atoms with Crippen molar-refractivity contribution in [1.82, 2.24) is 0 Å². The lowest BCUT2D eigenvalue weighted by atomic mass is 9.59. The normalized spacial score (nSPS) is 40.5. The topological polar surface area (TPSA) is 104 Å². The zero-order valence-electron chi connectivity index (χ0n) is 20.5. The largest absolute Gasteiger partial charge is 0.458 e. The first-order valence-electron chi connectivity index (χ1n) is 11.5. The Morgan fingerprint density at radius 2 is 1.72 bits per heavy atom. The molecule has 6 heteroatoms. The van der Waals surface area contributed by atoms with Gasteiger partial charge in [-0.3, -0.25) is 4.79 Å². The summed E-state index contributed by atoms with van der Waals surface area (Å²) in [4.78, 5) is 26.6. The van der Waals surface area contributed by atoms with Gasteiger partial charge in [-0.25, -0.2) is 4.79 Å². The van der Waals surface area contributed by atoms with Gasteiger partial charge in [0, 0.05) is 11.5 Å². The molecule has 3 aliphatic rings. The molecule has 2 bridgehead atoms. The molecule has 1 saturated carbocycles. The highest BCUT2D eigenvalue weighted by molar-refractivity contribution is 5.95. The SMILES string of the molecule is CC1=CC23C(=O)C(C=C(COC(=O)C(C)=C(C)C)C(O)C2(O)C1O)C(C)(C)C(C)CC3C. The number of hydrogen-bond acceptors (Lipinski definition) is 6. The van der Waals surface area contributed by atoms with Crippen molar-refractivity contribution in [3.8, 4) is 0 Å². The summed E-state index contributed by atoms with van der Waals surface area (Å²) in [5.41, 5.74) is -2.01. The van der Waals surface area contributed by atoms with Crippen molar-refractivity contribution in [3.63, 3.8) is 0 Å². The number of carbonyl (C=O) groups excluding carboxylic acids is 2. The molecule has 0 aliphatic heterocycles. The van der Waals surface area contributed by atoms with E-state index in [0.717, 1.165) is 5.57 Å². The van der Waals surface area contributed by atoms with Crippen molar-refractivity contribution in [2.75, 3.05) is 6.61 Å². The van der Waals surface area contributed by atoms with E-state index in [1.54, 1.807) is 26.0 Å². The van der Waals surface area contributed by atoms with Crippen LogP contribution in [0.3, 0.4) is 0 Å². The monoisotopic (exact) mass is 446 g/mol. The fraction of sp³-hybridized carbons (Fsp3) is 0.692. The van der Waals surface area contributed by atoms with Crippen molar-refractivity contribution < 1.29 is 29.6 Å². The lowest BCUT2D eigenvalue weighted by Crippen LogP contribution is -2.65. The highest BCUT2D eigenvalue weighted by Gasteiger charge is 2.71. The van der Waals surface area contributed by atoms with Crippen molar-refractivity contribution in [2.45, 2.75) is 79.6 Å². The minimum Gasteiger partial charge on any atom is -0.458 e. The van der Waals surface area contributed by atoms with Crippen LogP contribution in [-0.4, -0.2) is 51.5 Å². The van der Waals surface area contributed by atoms with Crippen LogP contribution < -0.4 is 0 Å². The molecule has 178 valence electrons. The van der Waals surface area contributed by atoms with Gasteiger partial charge in [0.1, 0.15) is 24.4 Å². The van der Waals surface area contributed by atoms with Crippen molar-refractivity contribution in [1.29, 1.82) is 0 Å². The van der Waals surface area contributed by atoms with E-state index in [-0.39, 0.29) is 29.8 Å². The molecular weight excluding hydrogens is 408 g/mol. The molecule has 0 aromatic heterocycles. The van der Waals surface area contributed by atoms with Gasteiger partial charge in [-0.05, 0) is 62.5 Å². The zero-order valence-corrected chi connectivity index (χ0v) is 20.5. The van der Waals surface area contributed by atoms with Gasteiger partial charge >= 0.3 is 5.97 Å². The first-order valence-corrected chi connectivity index (χ1v) is 11.5. The molecule has 0 aromatic carbocycles. The maximum absolute atomic E-state index is 14.2. The molecular formula is C26H38O6. The predicted octanol–water partition coefficient (Wildman–Crippen LogP) is 3.11. The summed E-state index contributed by atoms with van der Waals surface area (Å²) in [6.07, 6.45) is 1.06. The molecule has 3 rings (SSSR count). The highest BCUT2D eigenvalue weighted by Crippen LogP contribution is 2.62. The first-order chi connectivity index (χ1) is 14.6. The van der Waals surface area contributed by atoms with Crippen LogP contribution in [0.15, 0.2) is 34.4 Å². The van der Waals surface area contributed by atoms with Gasteiger partial charge in [-0.1, -0.05) is 45.4 Å². The molecule has 6 nitrogen and oxygen atoms in total. The van der Waals surface area contributed by atoms with E-state index >= 15 is 0 Å². The number of ether oxygens (including phenoxy) is 1. The minimum absolute atomic E-state index is 0.143. The summed E-state index contributed by atoms with van der Waals surface area (Å²) in [7, 11) is 0. The number of esters is 1. The first kappa shape index (κ1) is 24.9. The maximum atomic E-state index is 14.2. The van der Waals surface area contributed by atoms with Crippen LogP contribution in [0.5, 0.6) is 0 Å². The number of carbonyl (C=O) groups is 2. The number of fused-ring (bicyclic) bond motifs is 1. The highest BCUT2D eigenvalue weighted by atomic mass is 16.5. The van der Waals surface area contributed by atoms with Crippen LogP contribution in [0.25, 0.3) is 0 Å². The molecule has 0 amide bonds. The molecule has 3 N–H and O–H groups in total. The van der Waals surface area contributed by atoms with Gasteiger partial charge in [-0.15, -0.1) is 0 Å². The van der Waals surface area contributed by atoms with E-state index < -0.39 is 40.5 Å². The Kier molecular flexibility index (Phi) is 6.16. The molecule has 7 atom stereocenters. The van der Waals surface area contributed by atoms with E-state index in [9.17, 15) is 24.9 Å². The molecule has 0 saturated heterocycles. The van der Waals surface area contributed by atoms with Gasteiger partial charge in [0.25, 0.3) is 0 Å². The van der Waals surface area contributed by atoms with Crippen LogP contribution >= 0.6 is 0 Å². The van der Waals surface area contributed by atoms with Crippen LogP contribution in [-0.2, 0) is 14.3 Å². The van der Waals surface area contributed by atoms with Crippen LogP contribution in [0, 0.1) is 28.6 Å². The molecule has 3 aliphatic carbocycles. The van der Waals surface area contributed by atoms with Crippen molar-refractivity contribution in [2.24, 2.45) is 28.6 Å². The second-order valence-corrected chi connectivity index (χ2v) is 11.0. The Morgan fingerprint density at radius 3 is 2.28 bits per heavy atom. The molecule has 32 heavy (non-hydrogen) atoms. The molecule has 1 spiro atoms. The summed E-state index contributed by atoms with van der Waals surface area (Å²) in [5.74, 6) is -1.48. The Labute approximate surface area is 191 Å². The summed E-state index contributed by atoms with van der Waals surface area (Å²) in [6.45, 7) is 14.8. The second kappa shape index (κ2) is 7.93. The summed E-state index contributed by atoms with van der Waals surface area (Å²) in [5, 5.41) is 34.5. The maximum Gasteiger partial charge on any atom is 0.333 e. The standard InChI is InChI=1S/C26H38O6/c1-13(2)17(6)23(30)32-12-18-10-19-22(29)25(16(5)9-15(4)24(19,7)8)11-14(3)20(27)26(25,31)21(18)28/h10-11,15-16,19-21,27-28,31H,9,12H2,1-8H3. The second-order valence-electron chi connectivity index (χ2n) is 11.0. The van der Waals surface area contributed by atoms with Crippen LogP contribution in [0.2, 0.25) is 0 Å². The number of hydrogen-bond donors (Lipinski definition) is 3.